The number of benzene rings is 2. The molecule has 0 spiro atoms. The van der Waals surface area contributed by atoms with Crippen LogP contribution in [0.5, 0.6) is 5.75 Å². The maximum Gasteiger partial charge on any atom is 0.534 e. The van der Waals surface area contributed by atoms with Gasteiger partial charge in [-0.05, 0) is 22.9 Å². The van der Waals surface area contributed by atoms with Crippen LogP contribution in [0.1, 0.15) is 5.56 Å². The number of hydrogen-bond donors (Lipinski definition) is 0. The number of hydrogen-bond acceptors (Lipinski definition) is 4. The Hall–Kier alpha value is -2.85. The van der Waals surface area contributed by atoms with Crippen molar-refractivity contribution in [1.82, 2.24) is 0 Å². The summed E-state index contributed by atoms with van der Waals surface area (Å²) < 4.78 is 68.7. The van der Waals surface area contributed by atoms with Crippen molar-refractivity contribution in [1.29, 1.82) is 0 Å². The first kappa shape index (κ1) is 23.8. The minimum absolute atomic E-state index is 0.153. The number of carbonyl (C=O) groups is 1. The lowest BCUT2D eigenvalue weighted by Gasteiger charge is -2.29. The normalized spacial score (nSPS) is 14.3. The second-order valence-electron chi connectivity index (χ2n) is 8.23. The number of alkyl halides is 3. The number of carbonyl (C=O) groups excluding carboxylic acids is 1. The zero-order valence-electron chi connectivity index (χ0n) is 17.7. The van der Waals surface area contributed by atoms with Crippen LogP contribution in [0.2, 0.25) is 19.6 Å². The molecular formula is C22H22F3NO4SSi. The van der Waals surface area contributed by atoms with Crippen LogP contribution in [0, 0.1) is 0 Å². The Bertz CT molecular complexity index is 1210. The summed E-state index contributed by atoms with van der Waals surface area (Å²) in [5, 5.41) is 0.412. The molecule has 170 valence electrons. The summed E-state index contributed by atoms with van der Waals surface area (Å²) in [5.74, 6) is -0.702. The Morgan fingerprint density at radius 2 is 1.75 bits per heavy atom. The monoisotopic (exact) mass is 481 g/mol. The van der Waals surface area contributed by atoms with Gasteiger partial charge in [-0.15, -0.1) is 6.58 Å². The molecule has 0 N–H and O–H groups in total. The maximum atomic E-state index is 13.3. The summed E-state index contributed by atoms with van der Waals surface area (Å²) >= 11 is 0. The predicted molar refractivity (Wildman–Crippen MR) is 122 cm³/mol. The SMILES string of the molecule is C=CCN1C(=O)C=Cc2ccc([Si](C)(C)C)c(OS(=O)(=O)C(F)(F)F)c2-c2ccccc21. The van der Waals surface area contributed by atoms with Crippen molar-refractivity contribution in [3.63, 3.8) is 0 Å². The minimum atomic E-state index is -5.92. The lowest BCUT2D eigenvalue weighted by molar-refractivity contribution is -0.114. The Kier molecular flexibility index (Phi) is 6.14. The van der Waals surface area contributed by atoms with Gasteiger partial charge in [0.05, 0.1) is 13.8 Å². The predicted octanol–water partition coefficient (Wildman–Crippen LogP) is 4.67. The van der Waals surface area contributed by atoms with Gasteiger partial charge in [-0.3, -0.25) is 4.79 Å². The number of anilines is 1. The molecule has 5 nitrogen and oxygen atoms in total. The minimum Gasteiger partial charge on any atom is -0.375 e. The largest absolute Gasteiger partial charge is 0.534 e. The topological polar surface area (TPSA) is 63.7 Å². The lowest BCUT2D eigenvalue weighted by atomic mass is 9.94. The smallest absolute Gasteiger partial charge is 0.375 e. The summed E-state index contributed by atoms with van der Waals surface area (Å²) in [7, 11) is -8.29. The highest BCUT2D eigenvalue weighted by Crippen LogP contribution is 2.42. The third-order valence-electron chi connectivity index (χ3n) is 4.92. The van der Waals surface area contributed by atoms with Crippen LogP contribution in [-0.4, -0.2) is 34.5 Å². The average molecular weight is 482 g/mol. The van der Waals surface area contributed by atoms with Gasteiger partial charge in [-0.1, -0.05) is 56.0 Å². The van der Waals surface area contributed by atoms with Crippen LogP contribution >= 0.6 is 0 Å². The van der Waals surface area contributed by atoms with E-state index in [-0.39, 0.29) is 23.8 Å². The molecule has 1 aliphatic heterocycles. The van der Waals surface area contributed by atoms with E-state index in [4.69, 9.17) is 4.18 Å². The van der Waals surface area contributed by atoms with Crippen LogP contribution in [0.3, 0.4) is 0 Å². The molecule has 0 saturated heterocycles. The Morgan fingerprint density at radius 1 is 1.09 bits per heavy atom. The second kappa shape index (κ2) is 8.25. The quantitative estimate of drug-likeness (QED) is 0.269. The maximum absolute atomic E-state index is 13.3. The Balaban J connectivity index is 2.44. The van der Waals surface area contributed by atoms with Gasteiger partial charge < -0.3 is 9.08 Å². The molecule has 32 heavy (non-hydrogen) atoms. The third-order valence-corrected chi connectivity index (χ3v) is 7.88. The fourth-order valence-corrected chi connectivity index (χ4v) is 5.46. The molecule has 0 aromatic heterocycles. The molecular weight excluding hydrogens is 459 g/mol. The van der Waals surface area contributed by atoms with Crippen molar-refractivity contribution in [2.75, 3.05) is 11.4 Å². The molecule has 0 radical (unpaired) electrons. The van der Waals surface area contributed by atoms with Crippen LogP contribution in [0.4, 0.5) is 18.9 Å². The summed E-state index contributed by atoms with van der Waals surface area (Å²) in [4.78, 5) is 14.1. The van der Waals surface area contributed by atoms with E-state index in [0.717, 1.165) is 0 Å². The molecule has 10 heteroatoms. The molecule has 0 bridgehead atoms. The lowest BCUT2D eigenvalue weighted by Crippen LogP contribution is -2.41. The van der Waals surface area contributed by atoms with Gasteiger partial charge >= 0.3 is 15.6 Å². The first-order valence-electron chi connectivity index (χ1n) is 9.66. The zero-order chi connectivity index (χ0) is 23.9. The number of fused-ring (bicyclic) bond motifs is 3. The van der Waals surface area contributed by atoms with Gasteiger partial charge in [-0.25, -0.2) is 0 Å². The van der Waals surface area contributed by atoms with Crippen molar-refractivity contribution >= 4 is 41.0 Å². The van der Waals surface area contributed by atoms with E-state index in [1.807, 2.05) is 19.6 Å². The number of rotatable bonds is 5. The molecule has 3 rings (SSSR count). The van der Waals surface area contributed by atoms with Crippen molar-refractivity contribution in [3.8, 4) is 16.9 Å². The van der Waals surface area contributed by atoms with Crippen LogP contribution in [-0.2, 0) is 14.9 Å². The second-order valence-corrected chi connectivity index (χ2v) is 14.8. The molecule has 0 saturated carbocycles. The fraction of sp³-hybridized carbons (Fsp3) is 0.227. The van der Waals surface area contributed by atoms with Gasteiger partial charge in [0.1, 0.15) is 0 Å². The van der Waals surface area contributed by atoms with Crippen molar-refractivity contribution in [2.24, 2.45) is 0 Å². The van der Waals surface area contributed by atoms with Crippen LogP contribution < -0.4 is 14.3 Å². The highest BCUT2D eigenvalue weighted by Gasteiger charge is 2.49. The summed E-state index contributed by atoms with van der Waals surface area (Å²) in [5.41, 5.74) is -4.24. The Labute approximate surface area is 185 Å². The average Bonchev–Trinajstić information content (AvgIpc) is 2.67. The van der Waals surface area contributed by atoms with E-state index < -0.39 is 23.7 Å². The molecule has 2 aromatic carbocycles. The molecule has 0 unspecified atom stereocenters. The Morgan fingerprint density at radius 3 is 2.34 bits per heavy atom. The molecule has 0 atom stereocenters. The van der Waals surface area contributed by atoms with E-state index in [9.17, 15) is 26.4 Å². The van der Waals surface area contributed by atoms with Crippen molar-refractivity contribution in [3.05, 3.63) is 60.7 Å². The standard InChI is InChI=1S/C22H22F3NO4SSi/c1-5-14-26-17-9-7-6-8-16(17)20-15(11-13-19(26)27)10-12-18(32(2,3)4)21(20)30-31(28,29)22(23,24)25/h5-13H,1,14H2,2-4H3. The molecule has 1 aliphatic rings. The first-order valence-corrected chi connectivity index (χ1v) is 14.6. The summed E-state index contributed by atoms with van der Waals surface area (Å²) in [6, 6.07) is 9.85. The van der Waals surface area contributed by atoms with Crippen molar-refractivity contribution < 1.29 is 30.6 Å². The third kappa shape index (κ3) is 4.37. The zero-order valence-corrected chi connectivity index (χ0v) is 19.5. The number of para-hydroxylation sites is 1. The highest BCUT2D eigenvalue weighted by molar-refractivity contribution is 7.88. The van der Waals surface area contributed by atoms with Crippen molar-refractivity contribution in [2.45, 2.75) is 25.1 Å². The van der Waals surface area contributed by atoms with E-state index in [0.29, 0.717) is 22.0 Å². The molecule has 1 amide bonds. The van der Waals surface area contributed by atoms with Gasteiger partial charge in [0.2, 0.25) is 0 Å². The number of halogens is 3. The summed E-state index contributed by atoms with van der Waals surface area (Å²) in [6.07, 6.45) is 4.26. The highest BCUT2D eigenvalue weighted by atomic mass is 32.2. The van der Waals surface area contributed by atoms with Gasteiger partial charge in [-0.2, -0.15) is 21.6 Å². The molecule has 1 heterocycles. The molecule has 0 fully saturated rings. The van der Waals surface area contributed by atoms with E-state index in [1.54, 1.807) is 36.4 Å². The van der Waals surface area contributed by atoms with Gasteiger partial charge in [0.15, 0.2) is 5.75 Å². The molecule has 0 aliphatic carbocycles. The molecule has 2 aromatic rings. The fourth-order valence-electron chi connectivity index (χ4n) is 3.46. The van der Waals surface area contributed by atoms with Gasteiger partial charge in [0, 0.05) is 23.7 Å². The van der Waals surface area contributed by atoms with E-state index in [2.05, 4.69) is 6.58 Å². The van der Waals surface area contributed by atoms with Gasteiger partial charge in [0.25, 0.3) is 5.91 Å². The van der Waals surface area contributed by atoms with E-state index in [1.165, 1.54) is 23.1 Å². The summed E-state index contributed by atoms with van der Waals surface area (Å²) in [6.45, 7) is 9.44. The first-order chi connectivity index (χ1) is 14.8. The van der Waals surface area contributed by atoms with Crippen LogP contribution in [0.15, 0.2) is 55.1 Å². The van der Waals surface area contributed by atoms with Crippen LogP contribution in [0.25, 0.3) is 17.2 Å². The number of amides is 1. The number of nitrogens with zero attached hydrogens (tertiary/aromatic N) is 1. The van der Waals surface area contributed by atoms with E-state index >= 15 is 0 Å².